The molecule has 1 aromatic carbocycles. The summed E-state index contributed by atoms with van der Waals surface area (Å²) in [5.41, 5.74) is 2.30. The Hall–Kier alpha value is -1.09. The summed E-state index contributed by atoms with van der Waals surface area (Å²) in [4.78, 5) is 0. The summed E-state index contributed by atoms with van der Waals surface area (Å²) in [6.45, 7) is 3.09. The average molecular weight is 234 g/mol. The van der Waals surface area contributed by atoms with Gasteiger partial charge in [0.15, 0.2) is 5.11 Å². The minimum absolute atomic E-state index is 0.734. The predicted molar refractivity (Wildman–Crippen MR) is 72.7 cm³/mol. The van der Waals surface area contributed by atoms with E-state index in [1.54, 1.807) is 0 Å². The molecule has 0 heterocycles. The predicted octanol–water partition coefficient (Wildman–Crippen LogP) is 3.08. The molecular formula is C13H18N2S. The summed E-state index contributed by atoms with van der Waals surface area (Å²) in [6, 6.07) is 8.24. The molecule has 0 aromatic heterocycles. The number of rotatable bonds is 3. The Kier molecular flexibility index (Phi) is 3.78. The standard InChI is InChI=1S/C13H18N2S/c1-10-4-2-7-12(8-10)15-13(16)14-9-11-5-3-6-11/h2,4,7-8,11H,3,5-6,9H2,1H3,(H2,14,15,16). The zero-order chi connectivity index (χ0) is 11.4. The molecule has 1 aliphatic rings. The Morgan fingerprint density at radius 3 is 2.88 bits per heavy atom. The maximum absolute atomic E-state index is 5.25. The van der Waals surface area contributed by atoms with Crippen LogP contribution in [-0.4, -0.2) is 11.7 Å². The summed E-state index contributed by atoms with van der Waals surface area (Å²) < 4.78 is 0. The second kappa shape index (κ2) is 5.30. The highest BCUT2D eigenvalue weighted by Crippen LogP contribution is 2.25. The minimum Gasteiger partial charge on any atom is -0.362 e. The molecule has 0 amide bonds. The normalized spacial score (nSPS) is 15.3. The molecule has 1 aromatic rings. The number of nitrogens with one attached hydrogen (secondary N) is 2. The molecule has 86 valence electrons. The second-order valence-corrected chi connectivity index (χ2v) is 4.91. The largest absolute Gasteiger partial charge is 0.362 e. The summed E-state index contributed by atoms with van der Waals surface area (Å²) in [5.74, 6) is 0.831. The van der Waals surface area contributed by atoms with E-state index in [9.17, 15) is 0 Å². The van der Waals surface area contributed by atoms with Crippen LogP contribution >= 0.6 is 12.2 Å². The van der Waals surface area contributed by atoms with Crippen LogP contribution in [0, 0.1) is 12.8 Å². The quantitative estimate of drug-likeness (QED) is 0.786. The van der Waals surface area contributed by atoms with Gasteiger partial charge in [-0.3, -0.25) is 0 Å². The molecule has 2 rings (SSSR count). The highest BCUT2D eigenvalue weighted by atomic mass is 32.1. The zero-order valence-corrected chi connectivity index (χ0v) is 10.4. The molecule has 0 spiro atoms. The van der Waals surface area contributed by atoms with Crippen LogP contribution in [0.5, 0.6) is 0 Å². The van der Waals surface area contributed by atoms with E-state index in [-0.39, 0.29) is 0 Å². The van der Waals surface area contributed by atoms with Crippen LogP contribution in [0.25, 0.3) is 0 Å². The lowest BCUT2D eigenvalue weighted by Crippen LogP contribution is -2.34. The van der Waals surface area contributed by atoms with Gasteiger partial charge in [0.25, 0.3) is 0 Å². The highest BCUT2D eigenvalue weighted by Gasteiger charge is 2.16. The van der Waals surface area contributed by atoms with Crippen molar-refractivity contribution in [2.45, 2.75) is 26.2 Å². The van der Waals surface area contributed by atoms with Crippen molar-refractivity contribution in [2.24, 2.45) is 5.92 Å². The molecule has 0 bridgehead atoms. The van der Waals surface area contributed by atoms with Gasteiger partial charge in [-0.1, -0.05) is 18.6 Å². The lowest BCUT2D eigenvalue weighted by molar-refractivity contribution is 0.316. The van der Waals surface area contributed by atoms with Crippen LogP contribution < -0.4 is 10.6 Å². The average Bonchev–Trinajstić information content (AvgIpc) is 2.15. The van der Waals surface area contributed by atoms with Gasteiger partial charge in [0, 0.05) is 12.2 Å². The first kappa shape index (κ1) is 11.4. The topological polar surface area (TPSA) is 24.1 Å². The van der Waals surface area contributed by atoms with Crippen LogP contribution in [0.15, 0.2) is 24.3 Å². The molecule has 16 heavy (non-hydrogen) atoms. The maximum atomic E-state index is 5.25. The van der Waals surface area contributed by atoms with Crippen molar-refractivity contribution < 1.29 is 0 Å². The minimum atomic E-state index is 0.734. The van der Waals surface area contributed by atoms with Crippen molar-refractivity contribution in [1.82, 2.24) is 5.32 Å². The van der Waals surface area contributed by atoms with Gasteiger partial charge in [0.1, 0.15) is 0 Å². The van der Waals surface area contributed by atoms with E-state index in [0.29, 0.717) is 0 Å². The van der Waals surface area contributed by atoms with Gasteiger partial charge >= 0.3 is 0 Å². The number of hydrogen-bond acceptors (Lipinski definition) is 1. The fraction of sp³-hybridized carbons (Fsp3) is 0.462. The van der Waals surface area contributed by atoms with E-state index in [2.05, 4.69) is 29.7 Å². The lowest BCUT2D eigenvalue weighted by Gasteiger charge is -2.26. The summed E-state index contributed by atoms with van der Waals surface area (Å²) in [7, 11) is 0. The monoisotopic (exact) mass is 234 g/mol. The Morgan fingerprint density at radius 2 is 2.25 bits per heavy atom. The molecule has 2 nitrogen and oxygen atoms in total. The number of anilines is 1. The Labute approximate surface area is 102 Å². The molecule has 0 aliphatic heterocycles. The van der Waals surface area contributed by atoms with Crippen molar-refractivity contribution in [3.05, 3.63) is 29.8 Å². The molecule has 0 radical (unpaired) electrons. The van der Waals surface area contributed by atoms with E-state index in [0.717, 1.165) is 23.3 Å². The molecule has 1 aliphatic carbocycles. The van der Waals surface area contributed by atoms with E-state index in [4.69, 9.17) is 12.2 Å². The fourth-order valence-corrected chi connectivity index (χ4v) is 2.03. The molecule has 0 atom stereocenters. The van der Waals surface area contributed by atoms with Crippen molar-refractivity contribution in [2.75, 3.05) is 11.9 Å². The Morgan fingerprint density at radius 1 is 1.44 bits per heavy atom. The van der Waals surface area contributed by atoms with Crippen molar-refractivity contribution in [3.63, 3.8) is 0 Å². The molecule has 0 saturated heterocycles. The molecule has 2 N–H and O–H groups in total. The van der Waals surface area contributed by atoms with Crippen LogP contribution in [0.2, 0.25) is 0 Å². The van der Waals surface area contributed by atoms with Gasteiger partial charge in [-0.05, 0) is 55.6 Å². The third-order valence-electron chi connectivity index (χ3n) is 3.05. The maximum Gasteiger partial charge on any atom is 0.170 e. The first-order chi connectivity index (χ1) is 7.74. The van der Waals surface area contributed by atoms with Crippen LogP contribution in [0.4, 0.5) is 5.69 Å². The first-order valence-electron chi connectivity index (χ1n) is 5.85. The molecule has 0 unspecified atom stereocenters. The van der Waals surface area contributed by atoms with Gasteiger partial charge < -0.3 is 10.6 Å². The zero-order valence-electron chi connectivity index (χ0n) is 9.62. The first-order valence-corrected chi connectivity index (χ1v) is 6.26. The molecule has 1 fully saturated rings. The molecule has 3 heteroatoms. The van der Waals surface area contributed by atoms with E-state index >= 15 is 0 Å². The number of benzene rings is 1. The fourth-order valence-electron chi connectivity index (χ4n) is 1.83. The van der Waals surface area contributed by atoms with Gasteiger partial charge in [-0.2, -0.15) is 0 Å². The van der Waals surface area contributed by atoms with Gasteiger partial charge in [-0.15, -0.1) is 0 Å². The third-order valence-corrected chi connectivity index (χ3v) is 3.30. The van der Waals surface area contributed by atoms with E-state index in [1.807, 2.05) is 12.1 Å². The smallest absolute Gasteiger partial charge is 0.170 e. The van der Waals surface area contributed by atoms with Gasteiger partial charge in [0.2, 0.25) is 0 Å². The van der Waals surface area contributed by atoms with E-state index < -0.39 is 0 Å². The summed E-state index contributed by atoms with van der Waals surface area (Å²) >= 11 is 5.25. The molecule has 1 saturated carbocycles. The highest BCUT2D eigenvalue weighted by molar-refractivity contribution is 7.80. The van der Waals surface area contributed by atoms with Crippen LogP contribution in [-0.2, 0) is 0 Å². The summed E-state index contributed by atoms with van der Waals surface area (Å²) in [5, 5.41) is 7.21. The second-order valence-electron chi connectivity index (χ2n) is 4.50. The number of hydrogen-bond donors (Lipinski definition) is 2. The van der Waals surface area contributed by atoms with E-state index in [1.165, 1.54) is 24.8 Å². The summed E-state index contributed by atoms with van der Waals surface area (Å²) in [6.07, 6.45) is 4.07. The molecular weight excluding hydrogens is 216 g/mol. The lowest BCUT2D eigenvalue weighted by atomic mass is 9.85. The van der Waals surface area contributed by atoms with Crippen LogP contribution in [0.3, 0.4) is 0 Å². The van der Waals surface area contributed by atoms with Crippen molar-refractivity contribution >= 4 is 23.0 Å². The number of aryl methyl sites for hydroxylation is 1. The van der Waals surface area contributed by atoms with Crippen molar-refractivity contribution in [3.8, 4) is 0 Å². The van der Waals surface area contributed by atoms with Gasteiger partial charge in [0.05, 0.1) is 0 Å². The van der Waals surface area contributed by atoms with Crippen LogP contribution in [0.1, 0.15) is 24.8 Å². The van der Waals surface area contributed by atoms with Crippen molar-refractivity contribution in [1.29, 1.82) is 0 Å². The number of thiocarbonyl (C=S) groups is 1. The Bertz CT molecular complexity index is 372. The van der Waals surface area contributed by atoms with Gasteiger partial charge in [-0.25, -0.2) is 0 Å². The SMILES string of the molecule is Cc1cccc(NC(=S)NCC2CCC2)c1. The third kappa shape index (κ3) is 3.20. The Balaban J connectivity index is 1.77.